The average Bonchev–Trinajstić information content (AvgIpc) is 2.73. The Hall–Kier alpha value is -3.17. The number of aryl methyl sites for hydroxylation is 2. The highest BCUT2D eigenvalue weighted by molar-refractivity contribution is 7.92. The molecule has 8 nitrogen and oxygen atoms in total. The largest absolute Gasteiger partial charge is 0.497 e. The van der Waals surface area contributed by atoms with Crippen LogP contribution >= 0.6 is 11.6 Å². The number of aromatic nitrogens is 1. The Bertz CT molecular complexity index is 1310. The fourth-order valence-electron chi connectivity index (χ4n) is 3.07. The number of sulfonamides is 1. The summed E-state index contributed by atoms with van der Waals surface area (Å²) in [7, 11) is -2.12. The van der Waals surface area contributed by atoms with E-state index in [9.17, 15) is 13.2 Å². The molecule has 1 N–H and O–H groups in total. The average molecular weight is 475 g/mol. The summed E-state index contributed by atoms with van der Waals surface area (Å²) in [6, 6.07) is 12.6. The van der Waals surface area contributed by atoms with Crippen LogP contribution in [0.3, 0.4) is 0 Å². The number of amides is 1. The zero-order valence-electron chi connectivity index (χ0n) is 18.1. The molecular formula is C22H23ClN4O4S. The number of hydrazone groups is 1. The summed E-state index contributed by atoms with van der Waals surface area (Å²) in [5.41, 5.74) is 5.58. The smallest absolute Gasteiger partial charge is 0.260 e. The van der Waals surface area contributed by atoms with Gasteiger partial charge in [0.2, 0.25) is 10.0 Å². The summed E-state index contributed by atoms with van der Waals surface area (Å²) >= 11 is 6.23. The first kappa shape index (κ1) is 23.5. The van der Waals surface area contributed by atoms with Crippen LogP contribution in [-0.2, 0) is 14.8 Å². The van der Waals surface area contributed by atoms with Crippen molar-refractivity contribution in [1.29, 1.82) is 0 Å². The highest BCUT2D eigenvalue weighted by Gasteiger charge is 2.22. The van der Waals surface area contributed by atoms with E-state index in [-0.39, 0.29) is 5.15 Å². The van der Waals surface area contributed by atoms with E-state index in [4.69, 9.17) is 16.3 Å². The van der Waals surface area contributed by atoms with Crippen LogP contribution in [0.4, 0.5) is 5.69 Å². The number of rotatable bonds is 7. The van der Waals surface area contributed by atoms with Gasteiger partial charge in [-0.1, -0.05) is 23.7 Å². The molecule has 1 amide bonds. The minimum Gasteiger partial charge on any atom is -0.497 e. The number of carbonyl (C=O) groups excluding carboxylic acids is 1. The van der Waals surface area contributed by atoms with Crippen molar-refractivity contribution >= 4 is 50.3 Å². The monoisotopic (exact) mass is 474 g/mol. The van der Waals surface area contributed by atoms with Crippen LogP contribution in [0, 0.1) is 13.8 Å². The van der Waals surface area contributed by atoms with E-state index in [2.05, 4.69) is 15.5 Å². The van der Waals surface area contributed by atoms with Crippen LogP contribution in [0.1, 0.15) is 16.7 Å². The molecule has 0 aliphatic heterocycles. The molecule has 32 heavy (non-hydrogen) atoms. The molecule has 1 heterocycles. The van der Waals surface area contributed by atoms with Gasteiger partial charge in [-0.15, -0.1) is 0 Å². The van der Waals surface area contributed by atoms with Gasteiger partial charge >= 0.3 is 0 Å². The van der Waals surface area contributed by atoms with Gasteiger partial charge in [0.15, 0.2) is 0 Å². The zero-order valence-corrected chi connectivity index (χ0v) is 19.7. The second kappa shape index (κ2) is 9.54. The number of hydrogen-bond acceptors (Lipinski definition) is 6. The minimum atomic E-state index is -3.69. The molecule has 0 aliphatic rings. The van der Waals surface area contributed by atoms with Crippen molar-refractivity contribution in [1.82, 2.24) is 10.4 Å². The fraction of sp³-hybridized carbons (Fsp3) is 0.227. The minimum absolute atomic E-state index is 0.205. The van der Waals surface area contributed by atoms with Gasteiger partial charge in [0.1, 0.15) is 17.4 Å². The molecule has 10 heteroatoms. The number of hydrogen-bond donors (Lipinski definition) is 1. The number of benzene rings is 2. The van der Waals surface area contributed by atoms with Gasteiger partial charge in [0, 0.05) is 17.0 Å². The molecule has 0 aliphatic carbocycles. The van der Waals surface area contributed by atoms with Crippen LogP contribution in [-0.4, -0.2) is 45.4 Å². The van der Waals surface area contributed by atoms with Crippen molar-refractivity contribution in [2.24, 2.45) is 5.10 Å². The second-order valence-corrected chi connectivity index (χ2v) is 9.54. The number of halogens is 1. The first-order chi connectivity index (χ1) is 15.1. The van der Waals surface area contributed by atoms with Crippen molar-refractivity contribution in [3.8, 4) is 5.75 Å². The molecule has 0 fully saturated rings. The van der Waals surface area contributed by atoms with Crippen LogP contribution in [0.15, 0.2) is 47.6 Å². The maximum absolute atomic E-state index is 12.4. The molecule has 1 aromatic heterocycles. The molecule has 0 saturated carbocycles. The van der Waals surface area contributed by atoms with Gasteiger partial charge in [0.25, 0.3) is 5.91 Å². The Kier molecular flexibility index (Phi) is 7.00. The third kappa shape index (κ3) is 5.54. The van der Waals surface area contributed by atoms with Crippen molar-refractivity contribution in [3.63, 3.8) is 0 Å². The van der Waals surface area contributed by atoms with E-state index in [1.165, 1.54) is 6.21 Å². The van der Waals surface area contributed by atoms with Gasteiger partial charge in [-0.3, -0.25) is 9.10 Å². The van der Waals surface area contributed by atoms with Crippen LogP contribution in [0.5, 0.6) is 5.75 Å². The van der Waals surface area contributed by atoms with Gasteiger partial charge in [-0.05, 0) is 49.2 Å². The standard InChI is InChI=1S/C22H23ClN4O4S/c1-14-5-6-15(2)20(9-14)27(32(4,29)30)13-21(28)26-24-12-17-10-16-7-8-18(31-3)11-19(16)25-22(17)23/h5-12H,13H2,1-4H3,(H,26,28)/b24-12-. The van der Waals surface area contributed by atoms with Crippen molar-refractivity contribution in [2.75, 3.05) is 24.2 Å². The topological polar surface area (TPSA) is 101 Å². The lowest BCUT2D eigenvalue weighted by molar-refractivity contribution is -0.119. The number of fused-ring (bicyclic) bond motifs is 1. The molecule has 0 radical (unpaired) electrons. The molecule has 0 bridgehead atoms. The Morgan fingerprint density at radius 2 is 1.97 bits per heavy atom. The van der Waals surface area contributed by atoms with Gasteiger partial charge < -0.3 is 4.74 Å². The summed E-state index contributed by atoms with van der Waals surface area (Å²) in [4.78, 5) is 16.7. The third-order valence-corrected chi connectivity index (χ3v) is 6.15. The number of pyridine rings is 1. The van der Waals surface area contributed by atoms with Crippen molar-refractivity contribution in [3.05, 3.63) is 64.3 Å². The number of ether oxygens (including phenoxy) is 1. The molecule has 0 unspecified atom stereocenters. The summed E-state index contributed by atoms with van der Waals surface area (Å²) in [5.74, 6) is 0.0659. The first-order valence-corrected chi connectivity index (χ1v) is 11.8. The Balaban J connectivity index is 1.76. The van der Waals surface area contributed by atoms with Gasteiger partial charge in [0.05, 0.1) is 30.8 Å². The highest BCUT2D eigenvalue weighted by atomic mass is 35.5. The molecule has 0 atom stereocenters. The summed E-state index contributed by atoms with van der Waals surface area (Å²) < 4.78 is 30.9. The highest BCUT2D eigenvalue weighted by Crippen LogP contribution is 2.24. The maximum Gasteiger partial charge on any atom is 0.260 e. The molecule has 2 aromatic carbocycles. The summed E-state index contributed by atoms with van der Waals surface area (Å²) in [5, 5.41) is 4.94. The predicted molar refractivity (Wildman–Crippen MR) is 127 cm³/mol. The van der Waals surface area contributed by atoms with Crippen molar-refractivity contribution in [2.45, 2.75) is 13.8 Å². The normalized spacial score (nSPS) is 11.7. The van der Waals surface area contributed by atoms with Crippen LogP contribution < -0.4 is 14.5 Å². The Morgan fingerprint density at radius 3 is 2.66 bits per heavy atom. The lowest BCUT2D eigenvalue weighted by Crippen LogP contribution is -2.39. The molecule has 0 spiro atoms. The summed E-state index contributed by atoms with van der Waals surface area (Å²) in [6.07, 6.45) is 2.42. The SMILES string of the molecule is COc1ccc2cc(/C=N\NC(=O)CN(c3cc(C)ccc3C)S(C)(=O)=O)c(Cl)nc2c1. The Morgan fingerprint density at radius 1 is 1.22 bits per heavy atom. The zero-order chi connectivity index (χ0) is 23.5. The van der Waals surface area contributed by atoms with E-state index in [1.54, 1.807) is 38.3 Å². The quantitative estimate of drug-likeness (QED) is 0.321. The second-order valence-electron chi connectivity index (χ2n) is 7.28. The lowest BCUT2D eigenvalue weighted by atomic mass is 10.1. The molecule has 3 aromatic rings. The number of anilines is 1. The molecular weight excluding hydrogens is 452 g/mol. The molecule has 168 valence electrons. The van der Waals surface area contributed by atoms with E-state index < -0.39 is 22.5 Å². The van der Waals surface area contributed by atoms with E-state index in [1.807, 2.05) is 25.1 Å². The lowest BCUT2D eigenvalue weighted by Gasteiger charge is -2.23. The Labute approximate surface area is 191 Å². The van der Waals surface area contributed by atoms with Crippen LogP contribution in [0.2, 0.25) is 5.15 Å². The van der Waals surface area contributed by atoms with E-state index >= 15 is 0 Å². The summed E-state index contributed by atoms with van der Waals surface area (Å²) in [6.45, 7) is 3.22. The fourth-order valence-corrected chi connectivity index (χ4v) is 4.17. The van der Waals surface area contributed by atoms with Gasteiger partial charge in [-0.25, -0.2) is 18.8 Å². The first-order valence-electron chi connectivity index (χ1n) is 9.59. The molecule has 3 rings (SSSR count). The van der Waals surface area contributed by atoms with Crippen LogP contribution in [0.25, 0.3) is 10.9 Å². The molecule has 0 saturated heterocycles. The number of methoxy groups -OCH3 is 1. The van der Waals surface area contributed by atoms with E-state index in [0.717, 1.165) is 27.1 Å². The number of nitrogens with one attached hydrogen (secondary N) is 1. The van der Waals surface area contributed by atoms with E-state index in [0.29, 0.717) is 22.5 Å². The third-order valence-electron chi connectivity index (χ3n) is 4.72. The maximum atomic E-state index is 12.4. The van der Waals surface area contributed by atoms with Crippen molar-refractivity contribution < 1.29 is 17.9 Å². The number of carbonyl (C=O) groups is 1. The van der Waals surface area contributed by atoms with Gasteiger partial charge in [-0.2, -0.15) is 5.10 Å². The predicted octanol–water partition coefficient (Wildman–Crippen LogP) is 3.43. The number of nitrogens with zero attached hydrogens (tertiary/aromatic N) is 3.